The molecule has 0 aliphatic carbocycles. The summed E-state index contributed by atoms with van der Waals surface area (Å²) in [5, 5.41) is 7.90. The van der Waals surface area contributed by atoms with E-state index in [1.54, 1.807) is 12.1 Å². The summed E-state index contributed by atoms with van der Waals surface area (Å²) in [6.45, 7) is 5.96. The molecule has 1 atom stereocenters. The first-order chi connectivity index (χ1) is 11.5. The van der Waals surface area contributed by atoms with Crippen LogP contribution in [0, 0.1) is 0 Å². The van der Waals surface area contributed by atoms with E-state index in [0.717, 1.165) is 5.56 Å². The lowest BCUT2D eigenvalue weighted by atomic mass is 9.87. The second-order valence-electron chi connectivity index (χ2n) is 6.72. The zero-order valence-corrected chi connectivity index (χ0v) is 15.3. The van der Waals surface area contributed by atoms with E-state index < -0.39 is 27.1 Å². The summed E-state index contributed by atoms with van der Waals surface area (Å²) < 4.78 is 26.2. The van der Waals surface area contributed by atoms with Gasteiger partial charge in [0, 0.05) is 12.0 Å². The molecule has 0 heterocycles. The van der Waals surface area contributed by atoms with E-state index in [1.807, 2.05) is 25.5 Å². The molecule has 1 aromatic rings. The predicted octanol–water partition coefficient (Wildman–Crippen LogP) is 1.87. The fourth-order valence-electron chi connectivity index (χ4n) is 2.14. The number of benzene rings is 1. The summed E-state index contributed by atoms with van der Waals surface area (Å²) in [5.74, 6) is -1.40. The average Bonchev–Trinajstić information content (AvgIpc) is 2.52. The number of unbranched alkanes of at least 4 members (excludes halogenated alkanes) is 1. The van der Waals surface area contributed by atoms with Gasteiger partial charge in [0.1, 0.15) is 12.3 Å². The monoisotopic (exact) mass is 369 g/mol. The van der Waals surface area contributed by atoms with Crippen molar-refractivity contribution >= 4 is 27.4 Å². The minimum Gasteiger partial charge on any atom is -0.480 e. The Labute approximate surface area is 147 Å². The van der Waals surface area contributed by atoms with Gasteiger partial charge in [0.05, 0.1) is 0 Å². The van der Waals surface area contributed by atoms with Crippen molar-refractivity contribution in [2.24, 2.45) is 0 Å². The molecule has 0 radical (unpaired) electrons. The molecule has 2 N–H and O–H groups in total. The normalized spacial score (nSPS) is 13.2. The number of aliphatic carboxylic acids is 1. The van der Waals surface area contributed by atoms with Gasteiger partial charge in [0.15, 0.2) is 0 Å². The van der Waals surface area contributed by atoms with Crippen molar-refractivity contribution in [2.75, 3.05) is 0 Å². The van der Waals surface area contributed by atoms with Crippen LogP contribution in [0.2, 0.25) is 0 Å². The van der Waals surface area contributed by atoms with E-state index in [-0.39, 0.29) is 30.2 Å². The van der Waals surface area contributed by atoms with Crippen LogP contribution < -0.4 is 4.72 Å². The molecule has 0 amide bonds. The van der Waals surface area contributed by atoms with Crippen LogP contribution in [0.1, 0.15) is 56.0 Å². The summed E-state index contributed by atoms with van der Waals surface area (Å²) in [7, 11) is -4.50. The third kappa shape index (κ3) is 6.06. The van der Waals surface area contributed by atoms with E-state index in [9.17, 15) is 22.8 Å². The molecular formula is C17H23NO6S. The van der Waals surface area contributed by atoms with Crippen LogP contribution >= 0.6 is 0 Å². The molecule has 0 saturated carbocycles. The number of hydrogen-bond donors (Lipinski definition) is 2. The second-order valence-corrected chi connectivity index (χ2v) is 8.34. The molecule has 138 valence electrons. The summed E-state index contributed by atoms with van der Waals surface area (Å²) >= 11 is 0. The molecule has 0 aliphatic rings. The minimum absolute atomic E-state index is 0.0440. The van der Waals surface area contributed by atoms with Gasteiger partial charge in [-0.25, -0.2) is 8.42 Å². The van der Waals surface area contributed by atoms with Crippen molar-refractivity contribution in [1.82, 2.24) is 4.72 Å². The lowest BCUT2D eigenvalue weighted by Gasteiger charge is -2.19. The standard InChI is InChI=1S/C17H23NO6S/c1-17(2,3)13-9-7-12(8-10-13)16(22)25(23,24)18-14(15(20)21)6-4-5-11-19/h7-11,14,18H,4-6H2,1-3H3,(H,20,21). The van der Waals surface area contributed by atoms with Gasteiger partial charge in [-0.1, -0.05) is 32.9 Å². The maximum Gasteiger partial charge on any atom is 0.321 e. The minimum atomic E-state index is -4.50. The summed E-state index contributed by atoms with van der Waals surface area (Å²) in [4.78, 5) is 33.7. The highest BCUT2D eigenvalue weighted by Gasteiger charge is 2.30. The zero-order valence-electron chi connectivity index (χ0n) is 14.5. The molecule has 0 saturated heterocycles. The number of aldehydes is 1. The Balaban J connectivity index is 2.94. The number of rotatable bonds is 8. The van der Waals surface area contributed by atoms with Crippen LogP contribution in [0.15, 0.2) is 24.3 Å². The fourth-order valence-corrected chi connectivity index (χ4v) is 3.29. The number of sulfonamides is 1. The molecule has 1 rings (SSSR count). The summed E-state index contributed by atoms with van der Waals surface area (Å²) in [5.41, 5.74) is 0.746. The van der Waals surface area contributed by atoms with Crippen LogP contribution in [0.3, 0.4) is 0 Å². The maximum absolute atomic E-state index is 12.2. The van der Waals surface area contributed by atoms with Gasteiger partial charge in [-0.2, -0.15) is 4.72 Å². The van der Waals surface area contributed by atoms with Crippen LogP contribution in [-0.4, -0.2) is 36.9 Å². The van der Waals surface area contributed by atoms with Gasteiger partial charge >= 0.3 is 5.97 Å². The molecule has 0 aromatic heterocycles. The smallest absolute Gasteiger partial charge is 0.321 e. The Bertz CT molecular complexity index is 731. The number of hydrogen-bond acceptors (Lipinski definition) is 5. The van der Waals surface area contributed by atoms with E-state index in [0.29, 0.717) is 6.29 Å². The summed E-state index contributed by atoms with van der Waals surface area (Å²) in [6.07, 6.45) is 0.865. The van der Waals surface area contributed by atoms with Crippen molar-refractivity contribution in [3.8, 4) is 0 Å². The van der Waals surface area contributed by atoms with Gasteiger partial charge in [0.25, 0.3) is 15.1 Å². The first-order valence-corrected chi connectivity index (χ1v) is 9.31. The molecular weight excluding hydrogens is 346 g/mol. The van der Waals surface area contributed by atoms with Crippen molar-refractivity contribution in [3.63, 3.8) is 0 Å². The third-order valence-corrected chi connectivity index (χ3v) is 4.96. The Hall–Kier alpha value is -2.06. The Morgan fingerprint density at radius 1 is 1.20 bits per heavy atom. The topological polar surface area (TPSA) is 118 Å². The third-order valence-electron chi connectivity index (χ3n) is 3.64. The highest BCUT2D eigenvalue weighted by molar-refractivity contribution is 8.05. The van der Waals surface area contributed by atoms with Crippen molar-refractivity contribution < 1.29 is 27.9 Å². The van der Waals surface area contributed by atoms with Gasteiger partial charge in [-0.3, -0.25) is 9.59 Å². The highest BCUT2D eigenvalue weighted by atomic mass is 32.2. The number of carbonyl (C=O) groups is 3. The zero-order chi connectivity index (χ0) is 19.3. The van der Waals surface area contributed by atoms with E-state index in [1.165, 1.54) is 12.1 Å². The average molecular weight is 369 g/mol. The fraction of sp³-hybridized carbons (Fsp3) is 0.471. The van der Waals surface area contributed by atoms with Gasteiger partial charge in [-0.15, -0.1) is 0 Å². The molecule has 7 nitrogen and oxygen atoms in total. The highest BCUT2D eigenvalue weighted by Crippen LogP contribution is 2.22. The first kappa shape index (κ1) is 21.0. The van der Waals surface area contributed by atoms with Crippen LogP contribution in [0.25, 0.3) is 0 Å². The van der Waals surface area contributed by atoms with Crippen LogP contribution in [0.4, 0.5) is 0 Å². The summed E-state index contributed by atoms with van der Waals surface area (Å²) in [6, 6.07) is 4.69. The van der Waals surface area contributed by atoms with Gasteiger partial charge < -0.3 is 9.90 Å². The van der Waals surface area contributed by atoms with Crippen LogP contribution in [0.5, 0.6) is 0 Å². The molecule has 0 bridgehead atoms. The number of carboxylic acids is 1. The van der Waals surface area contributed by atoms with E-state index in [4.69, 9.17) is 5.11 Å². The molecule has 1 aromatic carbocycles. The second kappa shape index (κ2) is 8.35. The lowest BCUT2D eigenvalue weighted by Crippen LogP contribution is -2.43. The van der Waals surface area contributed by atoms with Gasteiger partial charge in [0.2, 0.25) is 0 Å². The van der Waals surface area contributed by atoms with Crippen molar-refractivity contribution in [2.45, 2.75) is 51.5 Å². The Morgan fingerprint density at radius 3 is 2.20 bits per heavy atom. The molecule has 0 aliphatic heterocycles. The van der Waals surface area contributed by atoms with Crippen molar-refractivity contribution in [1.29, 1.82) is 0 Å². The van der Waals surface area contributed by atoms with Crippen molar-refractivity contribution in [3.05, 3.63) is 35.4 Å². The quantitative estimate of drug-likeness (QED) is 0.533. The predicted molar refractivity (Wildman–Crippen MR) is 92.9 cm³/mol. The SMILES string of the molecule is CC(C)(C)c1ccc(C(=O)S(=O)(=O)NC(CCCC=O)C(=O)O)cc1. The molecule has 0 fully saturated rings. The van der Waals surface area contributed by atoms with E-state index >= 15 is 0 Å². The molecule has 1 unspecified atom stereocenters. The molecule has 25 heavy (non-hydrogen) atoms. The van der Waals surface area contributed by atoms with Crippen LogP contribution in [-0.2, 0) is 25.0 Å². The number of carbonyl (C=O) groups excluding carboxylic acids is 2. The van der Waals surface area contributed by atoms with E-state index in [2.05, 4.69) is 0 Å². The van der Waals surface area contributed by atoms with Gasteiger partial charge in [-0.05, 0) is 36.0 Å². The lowest BCUT2D eigenvalue weighted by molar-refractivity contribution is -0.139. The largest absolute Gasteiger partial charge is 0.480 e. The molecule has 0 spiro atoms. The Kier molecular flexibility index (Phi) is 7.01. The maximum atomic E-state index is 12.2. The molecule has 8 heteroatoms. The Morgan fingerprint density at radius 2 is 1.76 bits per heavy atom. The first-order valence-electron chi connectivity index (χ1n) is 7.82. The number of nitrogens with one attached hydrogen (secondary N) is 1. The number of carboxylic acid groups (broad SMARTS) is 1.